The Hall–Kier alpha value is -4.14. The molecule has 18 nitrogen and oxygen atoms in total. The summed E-state index contributed by atoms with van der Waals surface area (Å²) in [6.07, 6.45) is 8.76. The van der Waals surface area contributed by atoms with E-state index in [4.69, 9.17) is 42.1 Å². The van der Waals surface area contributed by atoms with Crippen LogP contribution in [0.15, 0.2) is 48.5 Å². The molecule has 8 atom stereocenters. The number of piperidine rings is 2. The normalized spacial score (nSPS) is 21.9. The number of amides is 6. The fourth-order valence-electron chi connectivity index (χ4n) is 10.1. The van der Waals surface area contributed by atoms with E-state index in [1.807, 2.05) is 72.4 Å². The topological polar surface area (TPSA) is 202 Å². The van der Waals surface area contributed by atoms with Crippen molar-refractivity contribution in [2.24, 2.45) is 23.7 Å². The van der Waals surface area contributed by atoms with Gasteiger partial charge in [-0.25, -0.2) is 19.2 Å². The second kappa shape index (κ2) is 32.9. The Balaban J connectivity index is 0.000000267. The van der Waals surface area contributed by atoms with Crippen molar-refractivity contribution < 1.29 is 47.6 Å². The first kappa shape index (κ1) is 58.7. The molecule has 4 saturated heterocycles. The first-order valence-electron chi connectivity index (χ1n) is 25.9. The Morgan fingerprint density at radius 1 is 0.625 bits per heavy atom. The maximum Gasteiger partial charge on any atom is 0.406 e. The zero-order chi connectivity index (χ0) is 51.5. The number of urea groups is 2. The molecular formula is C52H82Cl2N8O10. The molecule has 0 saturated carbocycles. The number of likely N-dealkylation sites (tertiary alicyclic amines) is 2. The quantitative estimate of drug-likeness (QED) is 0.0651. The smallest absolute Gasteiger partial charge is 0.406 e. The number of ether oxygens (including phenoxy) is 6. The number of hydrogen-bond acceptors (Lipinski definition) is 12. The fraction of sp³-hybridized carbons (Fsp3) is 0.692. The molecule has 0 unspecified atom stereocenters. The van der Waals surface area contributed by atoms with Crippen LogP contribution in [0.4, 0.5) is 19.2 Å². The summed E-state index contributed by atoms with van der Waals surface area (Å²) < 4.78 is 32.9. The summed E-state index contributed by atoms with van der Waals surface area (Å²) in [4.78, 5) is 52.7. The van der Waals surface area contributed by atoms with Gasteiger partial charge in [-0.1, -0.05) is 47.5 Å². The summed E-state index contributed by atoms with van der Waals surface area (Å²) in [5.74, 6) is 1.30. The van der Waals surface area contributed by atoms with Gasteiger partial charge in [-0.2, -0.15) is 0 Å². The molecule has 2 aromatic rings. The van der Waals surface area contributed by atoms with E-state index in [-0.39, 0.29) is 48.2 Å². The van der Waals surface area contributed by atoms with E-state index >= 15 is 0 Å². The SMILES string of the molecule is CN[C@H](CNC(=O)N1CCC[C@@H]([C@@H](OCCNC(=O)OC)c2cccc(Cl)c2)C1)C[C@H]1CCCOC1.CN[C@H](CNC(=O)N1CCC[C@@H]([C@@H](OCCNC(=O)OC)c2cccc(Cl)c2)C1)C[C@H]1CCCOC1. The predicted octanol–water partition coefficient (Wildman–Crippen LogP) is 7.16. The number of nitrogens with one attached hydrogen (secondary N) is 6. The zero-order valence-electron chi connectivity index (χ0n) is 42.9. The number of benzene rings is 2. The van der Waals surface area contributed by atoms with Crippen LogP contribution in [0.3, 0.4) is 0 Å². The van der Waals surface area contributed by atoms with Gasteiger partial charge in [0.25, 0.3) is 0 Å². The van der Waals surface area contributed by atoms with Crippen LogP contribution in [0.25, 0.3) is 0 Å². The van der Waals surface area contributed by atoms with E-state index in [1.165, 1.54) is 27.1 Å². The van der Waals surface area contributed by atoms with Crippen LogP contribution in [-0.4, -0.2) is 166 Å². The van der Waals surface area contributed by atoms with Crippen molar-refractivity contribution in [2.45, 2.75) is 88.5 Å². The van der Waals surface area contributed by atoms with E-state index in [9.17, 15) is 19.2 Å². The largest absolute Gasteiger partial charge is 0.453 e. The highest BCUT2D eigenvalue weighted by Crippen LogP contribution is 2.35. The number of rotatable bonds is 22. The van der Waals surface area contributed by atoms with Crippen molar-refractivity contribution >= 4 is 47.5 Å². The molecule has 0 aromatic heterocycles. The second-order valence-corrected chi connectivity index (χ2v) is 20.1. The lowest BCUT2D eigenvalue weighted by Crippen LogP contribution is -2.50. The number of methoxy groups -OCH3 is 2. The molecule has 0 radical (unpaired) electrons. The van der Waals surface area contributed by atoms with Gasteiger partial charge >= 0.3 is 24.2 Å². The molecule has 0 bridgehead atoms. The van der Waals surface area contributed by atoms with Crippen LogP contribution in [0.1, 0.15) is 87.5 Å². The number of carbonyl (C=O) groups is 4. The van der Waals surface area contributed by atoms with Gasteiger partial charge in [-0.05, 0) is 126 Å². The highest BCUT2D eigenvalue weighted by molar-refractivity contribution is 6.30. The molecule has 0 spiro atoms. The summed E-state index contributed by atoms with van der Waals surface area (Å²) in [5, 5.41) is 19.5. The van der Waals surface area contributed by atoms with Gasteiger partial charge < -0.3 is 70.1 Å². The Bertz CT molecular complexity index is 1780. The molecule has 6 amide bonds. The van der Waals surface area contributed by atoms with Crippen LogP contribution >= 0.6 is 23.2 Å². The lowest BCUT2D eigenvalue weighted by atomic mass is 9.88. The average Bonchev–Trinajstić information content (AvgIpc) is 3.41. The average molecular weight is 1050 g/mol. The molecule has 6 N–H and O–H groups in total. The van der Waals surface area contributed by atoms with Crippen LogP contribution in [-0.2, 0) is 28.4 Å². The number of carbonyl (C=O) groups excluding carboxylic acids is 4. The first-order chi connectivity index (χ1) is 35.0. The van der Waals surface area contributed by atoms with Gasteiger partial charge in [0.2, 0.25) is 0 Å². The van der Waals surface area contributed by atoms with E-state index in [2.05, 4.69) is 41.4 Å². The summed E-state index contributed by atoms with van der Waals surface area (Å²) in [6, 6.07) is 15.6. The van der Waals surface area contributed by atoms with Crippen LogP contribution in [0, 0.1) is 23.7 Å². The zero-order valence-corrected chi connectivity index (χ0v) is 44.5. The molecule has 72 heavy (non-hydrogen) atoms. The third-order valence-electron chi connectivity index (χ3n) is 14.0. The van der Waals surface area contributed by atoms with Crippen molar-refractivity contribution in [3.63, 3.8) is 0 Å². The fourth-order valence-corrected chi connectivity index (χ4v) is 10.5. The standard InChI is InChI=1S/2C26H41ClN4O5/c2*1-28-23(14-19-6-5-12-35-18-19)16-30-25(32)31-11-4-8-21(17-31)24(20-7-3-9-22(27)15-20)36-13-10-29-26(33)34-2/h2*3,7,9,15,19,21,23-24,28H,4-6,8,10-14,16-18H2,1-2H3,(H,29,33)(H,30,32)/t2*19-,21-,23+,24+/m11/s1. The second-order valence-electron chi connectivity index (χ2n) is 19.2. The lowest BCUT2D eigenvalue weighted by Gasteiger charge is -2.37. The lowest BCUT2D eigenvalue weighted by molar-refractivity contribution is -0.00857. The molecule has 2 aromatic carbocycles. The number of halogens is 2. The highest BCUT2D eigenvalue weighted by Gasteiger charge is 2.34. The van der Waals surface area contributed by atoms with Crippen molar-refractivity contribution in [3.05, 3.63) is 69.7 Å². The summed E-state index contributed by atoms with van der Waals surface area (Å²) >= 11 is 12.5. The van der Waals surface area contributed by atoms with Crippen LogP contribution in [0.5, 0.6) is 0 Å². The van der Waals surface area contributed by atoms with Crippen molar-refractivity contribution in [3.8, 4) is 0 Å². The third-order valence-corrected chi connectivity index (χ3v) is 14.4. The molecular weight excluding hydrogens is 968 g/mol. The van der Waals surface area contributed by atoms with E-state index in [0.29, 0.717) is 74.4 Å². The molecule has 4 aliphatic rings. The molecule has 404 valence electrons. The summed E-state index contributed by atoms with van der Waals surface area (Å²) in [7, 11) is 6.55. The summed E-state index contributed by atoms with van der Waals surface area (Å²) in [6.45, 7) is 8.42. The molecule has 4 fully saturated rings. The number of hydrogen-bond donors (Lipinski definition) is 6. The van der Waals surface area contributed by atoms with Gasteiger partial charge in [0.05, 0.1) is 39.6 Å². The Morgan fingerprint density at radius 3 is 1.42 bits per heavy atom. The molecule has 0 aliphatic carbocycles. The Morgan fingerprint density at radius 2 is 1.06 bits per heavy atom. The van der Waals surface area contributed by atoms with Crippen molar-refractivity contribution in [1.82, 2.24) is 41.7 Å². The monoisotopic (exact) mass is 1050 g/mol. The summed E-state index contributed by atoms with van der Waals surface area (Å²) in [5.41, 5.74) is 1.94. The Labute approximate surface area is 437 Å². The van der Waals surface area contributed by atoms with Gasteiger partial charge in [0.15, 0.2) is 0 Å². The molecule has 20 heteroatoms. The van der Waals surface area contributed by atoms with Gasteiger partial charge in [-0.3, -0.25) is 0 Å². The van der Waals surface area contributed by atoms with E-state index < -0.39 is 12.2 Å². The number of nitrogens with zero attached hydrogens (tertiary/aromatic N) is 2. The number of likely N-dealkylation sites (N-methyl/N-ethyl adjacent to an activating group) is 2. The minimum absolute atomic E-state index is 0.0444. The van der Waals surface area contributed by atoms with Gasteiger partial charge in [0.1, 0.15) is 0 Å². The number of alkyl carbamates (subject to hydrolysis) is 2. The van der Waals surface area contributed by atoms with E-state index in [0.717, 1.165) is 102 Å². The highest BCUT2D eigenvalue weighted by atomic mass is 35.5. The predicted molar refractivity (Wildman–Crippen MR) is 279 cm³/mol. The maximum absolute atomic E-state index is 13.1. The molecule has 4 heterocycles. The van der Waals surface area contributed by atoms with Gasteiger partial charge in [-0.15, -0.1) is 0 Å². The van der Waals surface area contributed by atoms with Crippen LogP contribution in [0.2, 0.25) is 10.0 Å². The van der Waals surface area contributed by atoms with Gasteiger partial charge in [0, 0.05) is 113 Å². The minimum atomic E-state index is -0.491. The van der Waals surface area contributed by atoms with Crippen molar-refractivity contribution in [2.75, 3.05) is 120 Å². The van der Waals surface area contributed by atoms with Crippen LogP contribution < -0.4 is 31.9 Å². The first-order valence-corrected chi connectivity index (χ1v) is 26.7. The third kappa shape index (κ3) is 20.6. The maximum atomic E-state index is 13.1. The molecule has 4 aliphatic heterocycles. The minimum Gasteiger partial charge on any atom is -0.453 e. The van der Waals surface area contributed by atoms with Crippen molar-refractivity contribution in [1.29, 1.82) is 0 Å². The Kier molecular flexibility index (Phi) is 26.9. The van der Waals surface area contributed by atoms with E-state index in [1.54, 1.807) is 0 Å². The molecule has 6 rings (SSSR count).